The number of nitrogens with one attached hydrogen (secondary N) is 1. The molecule has 0 aromatic heterocycles. The Kier molecular flexibility index (Phi) is 1.46. The zero-order valence-corrected chi connectivity index (χ0v) is 6.61. The van der Waals surface area contributed by atoms with E-state index in [1.807, 2.05) is 6.92 Å². The van der Waals surface area contributed by atoms with Crippen LogP contribution in [0.4, 0.5) is 8.78 Å². The number of hydrogen-bond acceptors (Lipinski definition) is 1. The molecule has 1 nitrogen and oxygen atoms in total. The molecule has 0 spiro atoms. The van der Waals surface area contributed by atoms with Crippen molar-refractivity contribution in [1.82, 2.24) is 5.32 Å². The third-order valence-corrected chi connectivity index (χ3v) is 3.04. The van der Waals surface area contributed by atoms with Crippen molar-refractivity contribution in [2.45, 2.75) is 31.7 Å². The average Bonchev–Trinajstić information content (AvgIpc) is 2.31. The molecule has 2 fully saturated rings. The standard InChI is InChI=1S/C8H13F2N/c1-5-7-3-8(9,10)2-6(7)4-11-5/h5-7,11H,2-4H2,1H3/t5-,6+,7-/m0/s1. The molecule has 1 heterocycles. The molecule has 0 bridgehead atoms. The normalized spacial score (nSPS) is 47.7. The minimum Gasteiger partial charge on any atom is -0.314 e. The summed E-state index contributed by atoms with van der Waals surface area (Å²) in [5, 5.41) is 3.23. The van der Waals surface area contributed by atoms with E-state index in [9.17, 15) is 8.78 Å². The minimum absolute atomic E-state index is 0.103. The Balaban J connectivity index is 2.10. The number of hydrogen-bond donors (Lipinski definition) is 1. The van der Waals surface area contributed by atoms with Crippen LogP contribution < -0.4 is 5.32 Å². The van der Waals surface area contributed by atoms with Crippen LogP contribution in [-0.2, 0) is 0 Å². The molecular formula is C8H13F2N. The summed E-state index contributed by atoms with van der Waals surface area (Å²) in [7, 11) is 0. The Labute approximate surface area is 65.2 Å². The van der Waals surface area contributed by atoms with Crippen LogP contribution in [-0.4, -0.2) is 18.5 Å². The largest absolute Gasteiger partial charge is 0.314 e. The molecule has 0 aromatic carbocycles. The number of rotatable bonds is 0. The van der Waals surface area contributed by atoms with Gasteiger partial charge in [-0.2, -0.15) is 0 Å². The van der Waals surface area contributed by atoms with Crippen LogP contribution in [0.1, 0.15) is 19.8 Å². The second-order valence-electron chi connectivity index (χ2n) is 3.89. The molecule has 2 aliphatic rings. The van der Waals surface area contributed by atoms with Crippen molar-refractivity contribution in [2.75, 3.05) is 6.54 Å². The lowest BCUT2D eigenvalue weighted by Gasteiger charge is -2.13. The van der Waals surface area contributed by atoms with Crippen molar-refractivity contribution >= 4 is 0 Å². The van der Waals surface area contributed by atoms with Gasteiger partial charge in [0.05, 0.1) is 0 Å². The Morgan fingerprint density at radius 1 is 1.36 bits per heavy atom. The maximum atomic E-state index is 12.8. The highest BCUT2D eigenvalue weighted by atomic mass is 19.3. The van der Waals surface area contributed by atoms with Gasteiger partial charge in [-0.25, -0.2) is 8.78 Å². The molecule has 0 amide bonds. The van der Waals surface area contributed by atoms with Crippen molar-refractivity contribution < 1.29 is 8.78 Å². The van der Waals surface area contributed by atoms with E-state index in [2.05, 4.69) is 5.32 Å². The second-order valence-corrected chi connectivity index (χ2v) is 3.89. The summed E-state index contributed by atoms with van der Waals surface area (Å²) < 4.78 is 25.6. The first-order valence-corrected chi connectivity index (χ1v) is 4.20. The number of halogens is 2. The molecule has 11 heavy (non-hydrogen) atoms. The van der Waals surface area contributed by atoms with Crippen LogP contribution in [0.2, 0.25) is 0 Å². The topological polar surface area (TPSA) is 12.0 Å². The summed E-state index contributed by atoms with van der Waals surface area (Å²) in [6, 6.07) is 0.299. The van der Waals surface area contributed by atoms with E-state index >= 15 is 0 Å². The van der Waals surface area contributed by atoms with Crippen LogP contribution in [0, 0.1) is 11.8 Å². The fourth-order valence-corrected chi connectivity index (χ4v) is 2.43. The molecular weight excluding hydrogens is 148 g/mol. The third kappa shape index (κ3) is 1.15. The molecule has 3 atom stereocenters. The number of alkyl halides is 2. The molecule has 1 saturated carbocycles. The van der Waals surface area contributed by atoms with Gasteiger partial charge >= 0.3 is 0 Å². The Morgan fingerprint density at radius 2 is 2.09 bits per heavy atom. The van der Waals surface area contributed by atoms with Gasteiger partial charge in [-0.05, 0) is 25.3 Å². The molecule has 1 saturated heterocycles. The first-order valence-electron chi connectivity index (χ1n) is 4.20. The van der Waals surface area contributed by atoms with Crippen LogP contribution in [0.25, 0.3) is 0 Å². The minimum atomic E-state index is -2.37. The van der Waals surface area contributed by atoms with Gasteiger partial charge in [0.15, 0.2) is 0 Å². The lowest BCUT2D eigenvalue weighted by molar-refractivity contribution is -0.000296. The Morgan fingerprint density at radius 3 is 2.73 bits per heavy atom. The fraction of sp³-hybridized carbons (Fsp3) is 1.00. The maximum Gasteiger partial charge on any atom is 0.248 e. The van der Waals surface area contributed by atoms with Gasteiger partial charge in [0, 0.05) is 18.9 Å². The molecule has 2 rings (SSSR count). The van der Waals surface area contributed by atoms with E-state index in [1.165, 1.54) is 0 Å². The molecule has 1 aliphatic heterocycles. The summed E-state index contributed by atoms with van der Waals surface area (Å²) in [5.74, 6) is -1.91. The van der Waals surface area contributed by atoms with Crippen LogP contribution in [0.15, 0.2) is 0 Å². The quantitative estimate of drug-likeness (QED) is 0.569. The van der Waals surface area contributed by atoms with Crippen LogP contribution in [0.5, 0.6) is 0 Å². The van der Waals surface area contributed by atoms with Gasteiger partial charge in [-0.3, -0.25) is 0 Å². The third-order valence-electron chi connectivity index (χ3n) is 3.04. The zero-order valence-electron chi connectivity index (χ0n) is 6.61. The SMILES string of the molecule is C[C@@H]1NC[C@H]2CC(F)(F)C[C@H]21. The Bertz CT molecular complexity index is 169. The van der Waals surface area contributed by atoms with Gasteiger partial charge < -0.3 is 5.32 Å². The predicted octanol–water partition coefficient (Wildman–Crippen LogP) is 1.64. The van der Waals surface area contributed by atoms with Gasteiger partial charge in [0.1, 0.15) is 0 Å². The van der Waals surface area contributed by atoms with Crippen molar-refractivity contribution in [3.63, 3.8) is 0 Å². The van der Waals surface area contributed by atoms with E-state index in [1.54, 1.807) is 0 Å². The molecule has 0 unspecified atom stereocenters. The molecule has 1 aliphatic carbocycles. The van der Waals surface area contributed by atoms with E-state index in [0.29, 0.717) is 6.04 Å². The lowest BCUT2D eigenvalue weighted by atomic mass is 9.95. The molecule has 0 aromatic rings. The summed E-state index contributed by atoms with van der Waals surface area (Å²) in [5.41, 5.74) is 0. The van der Waals surface area contributed by atoms with Crippen molar-refractivity contribution in [1.29, 1.82) is 0 Å². The van der Waals surface area contributed by atoms with E-state index < -0.39 is 5.92 Å². The predicted molar refractivity (Wildman–Crippen MR) is 38.6 cm³/mol. The van der Waals surface area contributed by atoms with Crippen LogP contribution in [0.3, 0.4) is 0 Å². The van der Waals surface area contributed by atoms with E-state index in [4.69, 9.17) is 0 Å². The summed E-state index contributed by atoms with van der Waals surface area (Å²) >= 11 is 0. The molecule has 64 valence electrons. The van der Waals surface area contributed by atoms with Gasteiger partial charge in [-0.1, -0.05) is 0 Å². The van der Waals surface area contributed by atoms with Gasteiger partial charge in [0.25, 0.3) is 0 Å². The summed E-state index contributed by atoms with van der Waals surface area (Å²) in [6.45, 7) is 2.80. The molecule has 1 N–H and O–H groups in total. The second kappa shape index (κ2) is 2.16. The van der Waals surface area contributed by atoms with Crippen LogP contribution >= 0.6 is 0 Å². The molecule has 0 radical (unpaired) electrons. The molecule has 3 heteroatoms. The fourth-order valence-electron chi connectivity index (χ4n) is 2.43. The van der Waals surface area contributed by atoms with E-state index in [0.717, 1.165) is 6.54 Å². The average molecular weight is 161 g/mol. The smallest absolute Gasteiger partial charge is 0.248 e. The van der Waals surface area contributed by atoms with Gasteiger partial charge in [-0.15, -0.1) is 0 Å². The first kappa shape index (κ1) is 7.47. The number of fused-ring (bicyclic) bond motifs is 1. The maximum absolute atomic E-state index is 12.8. The lowest BCUT2D eigenvalue weighted by Crippen LogP contribution is -2.25. The highest BCUT2D eigenvalue weighted by Gasteiger charge is 2.50. The van der Waals surface area contributed by atoms with Crippen molar-refractivity contribution in [3.8, 4) is 0 Å². The monoisotopic (exact) mass is 161 g/mol. The Hall–Kier alpha value is -0.180. The summed E-state index contributed by atoms with van der Waals surface area (Å²) in [6.07, 6.45) is 0.209. The van der Waals surface area contributed by atoms with Crippen molar-refractivity contribution in [3.05, 3.63) is 0 Å². The highest BCUT2D eigenvalue weighted by Crippen LogP contribution is 2.46. The van der Waals surface area contributed by atoms with Crippen molar-refractivity contribution in [2.24, 2.45) is 11.8 Å². The highest BCUT2D eigenvalue weighted by molar-refractivity contribution is 4.98. The first-order chi connectivity index (χ1) is 5.08. The summed E-state index contributed by atoms with van der Waals surface area (Å²) in [4.78, 5) is 0. The zero-order chi connectivity index (χ0) is 8.06. The van der Waals surface area contributed by atoms with E-state index in [-0.39, 0.29) is 24.7 Å². The van der Waals surface area contributed by atoms with Gasteiger partial charge in [0.2, 0.25) is 5.92 Å².